The molecular formula is C40H48N6O4S. The molecule has 268 valence electrons. The zero-order valence-electron chi connectivity index (χ0n) is 31.1. The molecule has 0 aliphatic carbocycles. The van der Waals surface area contributed by atoms with E-state index >= 15 is 0 Å². The molecular weight excluding hydrogens is 661 g/mol. The number of rotatable bonds is 6. The van der Waals surface area contributed by atoms with Gasteiger partial charge in [0.05, 0.1) is 22.2 Å². The SMILES string of the molecule is Cc1ccc(N(C)/N=C/C2=[N+](C)c3ccccc3C2(C)C)cc1.Cc1ccc(N(C)/N=C/C2=[N+](C)c3ccccc3C2(C)C)cc1.O=S(=O)([O-])[O-]. The maximum atomic E-state index is 8.52. The molecule has 2 aliphatic heterocycles. The molecule has 0 unspecified atom stereocenters. The quantitative estimate of drug-likeness (QED) is 0.0707. The summed E-state index contributed by atoms with van der Waals surface area (Å²) < 4.78 is 38.6. The second kappa shape index (κ2) is 15.5. The van der Waals surface area contributed by atoms with Crippen LogP contribution in [-0.2, 0) is 21.2 Å². The van der Waals surface area contributed by atoms with Crippen molar-refractivity contribution in [2.45, 2.75) is 52.4 Å². The zero-order chi connectivity index (χ0) is 37.7. The van der Waals surface area contributed by atoms with Crippen molar-refractivity contribution in [2.75, 3.05) is 38.2 Å². The number of nitrogens with zero attached hydrogens (tertiary/aromatic N) is 6. The fourth-order valence-corrected chi connectivity index (χ4v) is 6.40. The van der Waals surface area contributed by atoms with Crippen LogP contribution in [0, 0.1) is 13.8 Å². The third-order valence-electron chi connectivity index (χ3n) is 9.40. The maximum absolute atomic E-state index is 8.52. The Labute approximate surface area is 303 Å². The van der Waals surface area contributed by atoms with Gasteiger partial charge in [-0.2, -0.15) is 19.4 Å². The first-order chi connectivity index (χ1) is 23.8. The predicted octanol–water partition coefficient (Wildman–Crippen LogP) is 6.91. The zero-order valence-corrected chi connectivity index (χ0v) is 31.9. The van der Waals surface area contributed by atoms with Crippen LogP contribution in [0.1, 0.15) is 49.9 Å². The minimum atomic E-state index is -5.17. The van der Waals surface area contributed by atoms with Gasteiger partial charge in [-0.1, -0.05) is 71.8 Å². The van der Waals surface area contributed by atoms with Gasteiger partial charge in [-0.15, -0.1) is 0 Å². The van der Waals surface area contributed by atoms with E-state index < -0.39 is 10.4 Å². The van der Waals surface area contributed by atoms with Gasteiger partial charge in [0, 0.05) is 47.8 Å². The summed E-state index contributed by atoms with van der Waals surface area (Å²) in [6, 6.07) is 33.9. The standard InChI is InChI=1S/2C20H24N3.H2O4S/c2*1-15-10-12-16(13-11-15)23(5)21-14-19-20(2,3)17-8-6-7-9-18(17)22(19)4;1-5(2,3)4/h2*6-14H,1-5H3;(H2,1,2,3,4)/q2*+1;/p-2. The number of hydrogen-bond acceptors (Lipinski definition) is 8. The molecule has 0 fully saturated rings. The van der Waals surface area contributed by atoms with Crippen LogP contribution >= 0.6 is 0 Å². The molecule has 0 bridgehead atoms. The molecule has 2 heterocycles. The van der Waals surface area contributed by atoms with Crippen LogP contribution < -0.4 is 10.0 Å². The van der Waals surface area contributed by atoms with Gasteiger partial charge in [0.25, 0.3) is 0 Å². The number of aryl methyl sites for hydroxylation is 2. The molecule has 0 N–H and O–H groups in total. The molecule has 0 atom stereocenters. The Morgan fingerprint density at radius 1 is 0.588 bits per heavy atom. The van der Waals surface area contributed by atoms with Crippen LogP contribution in [0.5, 0.6) is 0 Å². The molecule has 0 aromatic heterocycles. The summed E-state index contributed by atoms with van der Waals surface area (Å²) in [4.78, 5) is 0. The van der Waals surface area contributed by atoms with E-state index in [1.54, 1.807) is 0 Å². The summed E-state index contributed by atoms with van der Waals surface area (Å²) in [5, 5.41) is 13.2. The number of fused-ring (bicyclic) bond motifs is 2. The van der Waals surface area contributed by atoms with E-state index in [2.05, 4.69) is 172 Å². The van der Waals surface area contributed by atoms with Crippen molar-refractivity contribution in [3.05, 3.63) is 119 Å². The first kappa shape index (κ1) is 38.8. The summed E-state index contributed by atoms with van der Waals surface area (Å²) in [5.41, 5.74) is 12.2. The molecule has 2 aliphatic rings. The van der Waals surface area contributed by atoms with E-state index in [0.29, 0.717) is 0 Å². The number of hydrazone groups is 2. The van der Waals surface area contributed by atoms with Gasteiger partial charge >= 0.3 is 0 Å². The van der Waals surface area contributed by atoms with Crippen molar-refractivity contribution in [1.82, 2.24) is 0 Å². The largest absolute Gasteiger partial charge is 0.759 e. The maximum Gasteiger partial charge on any atom is 0.212 e. The molecule has 10 nitrogen and oxygen atoms in total. The predicted molar refractivity (Wildman–Crippen MR) is 207 cm³/mol. The van der Waals surface area contributed by atoms with Crippen LogP contribution in [0.15, 0.2) is 107 Å². The lowest BCUT2D eigenvalue weighted by atomic mass is 9.82. The molecule has 4 aromatic carbocycles. The van der Waals surface area contributed by atoms with E-state index in [1.807, 2.05) is 36.5 Å². The van der Waals surface area contributed by atoms with Crippen molar-refractivity contribution in [1.29, 1.82) is 0 Å². The highest BCUT2D eigenvalue weighted by atomic mass is 32.3. The van der Waals surface area contributed by atoms with Crippen molar-refractivity contribution >= 4 is 57.0 Å². The molecule has 0 radical (unpaired) electrons. The normalized spacial score (nSPS) is 15.6. The van der Waals surface area contributed by atoms with Gasteiger partial charge < -0.3 is 9.11 Å². The minimum Gasteiger partial charge on any atom is -0.759 e. The molecule has 0 spiro atoms. The summed E-state index contributed by atoms with van der Waals surface area (Å²) >= 11 is 0. The lowest BCUT2D eigenvalue weighted by Gasteiger charge is -2.16. The van der Waals surface area contributed by atoms with E-state index in [1.165, 1.54) is 45.1 Å². The summed E-state index contributed by atoms with van der Waals surface area (Å²) in [7, 11) is 3.02. The second-order valence-corrected chi connectivity index (χ2v) is 14.6. The van der Waals surface area contributed by atoms with Gasteiger partial charge in [-0.05, 0) is 65.8 Å². The van der Waals surface area contributed by atoms with Gasteiger partial charge in [-0.3, -0.25) is 18.4 Å². The highest BCUT2D eigenvalue weighted by molar-refractivity contribution is 7.79. The monoisotopic (exact) mass is 708 g/mol. The average molecular weight is 709 g/mol. The first-order valence-corrected chi connectivity index (χ1v) is 17.9. The smallest absolute Gasteiger partial charge is 0.212 e. The Morgan fingerprint density at radius 3 is 1.18 bits per heavy atom. The van der Waals surface area contributed by atoms with E-state index in [9.17, 15) is 0 Å². The van der Waals surface area contributed by atoms with Crippen molar-refractivity contribution in [3.8, 4) is 0 Å². The summed E-state index contributed by atoms with van der Waals surface area (Å²) in [6.45, 7) is 13.2. The van der Waals surface area contributed by atoms with Crippen LogP contribution in [0.25, 0.3) is 0 Å². The Morgan fingerprint density at radius 2 is 0.882 bits per heavy atom. The summed E-state index contributed by atoms with van der Waals surface area (Å²) in [6.07, 6.45) is 3.97. The third-order valence-corrected chi connectivity index (χ3v) is 9.40. The van der Waals surface area contributed by atoms with Gasteiger partial charge in [0.1, 0.15) is 26.5 Å². The lowest BCUT2D eigenvalue weighted by Crippen LogP contribution is -2.30. The lowest BCUT2D eigenvalue weighted by molar-refractivity contribution is -0.400. The molecule has 51 heavy (non-hydrogen) atoms. The van der Waals surface area contributed by atoms with Crippen molar-refractivity contribution in [3.63, 3.8) is 0 Å². The second-order valence-electron chi connectivity index (χ2n) is 13.8. The highest BCUT2D eigenvalue weighted by Gasteiger charge is 2.44. The number of benzene rings is 4. The number of para-hydroxylation sites is 2. The minimum absolute atomic E-state index is 0.0387. The highest BCUT2D eigenvalue weighted by Crippen LogP contribution is 2.39. The molecule has 0 amide bonds. The van der Waals surface area contributed by atoms with Crippen LogP contribution in [0.3, 0.4) is 0 Å². The Kier molecular flexibility index (Phi) is 11.8. The average Bonchev–Trinajstić information content (AvgIpc) is 3.39. The number of anilines is 2. The first-order valence-electron chi connectivity index (χ1n) is 16.6. The topological polar surface area (TPSA) is 117 Å². The van der Waals surface area contributed by atoms with Crippen LogP contribution in [-0.4, -0.2) is 78.7 Å². The van der Waals surface area contributed by atoms with Crippen LogP contribution in [0.4, 0.5) is 22.7 Å². The molecule has 6 rings (SSSR count). The summed E-state index contributed by atoms with van der Waals surface area (Å²) in [5.74, 6) is 0. The Bertz CT molecular complexity index is 1950. The van der Waals surface area contributed by atoms with Gasteiger partial charge in [0.15, 0.2) is 0 Å². The van der Waals surface area contributed by atoms with Crippen LogP contribution in [0.2, 0.25) is 0 Å². The van der Waals surface area contributed by atoms with E-state index in [-0.39, 0.29) is 10.8 Å². The van der Waals surface area contributed by atoms with Gasteiger partial charge in [-0.25, -0.2) is 0 Å². The van der Waals surface area contributed by atoms with Crippen molar-refractivity contribution in [2.24, 2.45) is 10.2 Å². The third kappa shape index (κ3) is 9.23. The van der Waals surface area contributed by atoms with Crippen molar-refractivity contribution < 1.29 is 26.7 Å². The Balaban J connectivity index is 0.000000202. The molecule has 4 aromatic rings. The van der Waals surface area contributed by atoms with Gasteiger partial charge in [0.2, 0.25) is 22.8 Å². The Hall–Kier alpha value is -4.97. The van der Waals surface area contributed by atoms with E-state index in [0.717, 1.165) is 11.4 Å². The van der Waals surface area contributed by atoms with E-state index in [4.69, 9.17) is 17.5 Å². The molecule has 0 saturated heterocycles. The fraction of sp³-hybridized carbons (Fsp3) is 0.300. The molecule has 11 heteroatoms. The number of hydrogen-bond donors (Lipinski definition) is 0. The fourth-order valence-electron chi connectivity index (χ4n) is 6.40. The molecule has 0 saturated carbocycles.